The fourth-order valence-corrected chi connectivity index (χ4v) is 3.04. The van der Waals surface area contributed by atoms with Crippen LogP contribution in [0.3, 0.4) is 0 Å². The molecule has 21 heavy (non-hydrogen) atoms. The van der Waals surface area contributed by atoms with Gasteiger partial charge in [-0.15, -0.1) is 0 Å². The highest BCUT2D eigenvalue weighted by molar-refractivity contribution is 9.10. The molecule has 1 heterocycles. The lowest BCUT2D eigenvalue weighted by Gasteiger charge is -2.28. The van der Waals surface area contributed by atoms with Crippen LogP contribution in [0.25, 0.3) is 0 Å². The van der Waals surface area contributed by atoms with Crippen LogP contribution in [0.5, 0.6) is 0 Å². The summed E-state index contributed by atoms with van der Waals surface area (Å²) in [5.74, 6) is -0.843. The number of likely N-dealkylation sites (tertiary alicyclic amines) is 1. The number of para-hydroxylation sites is 1. The maximum atomic E-state index is 12.3. The lowest BCUT2D eigenvalue weighted by molar-refractivity contribution is -0.150. The van der Waals surface area contributed by atoms with Crippen molar-refractivity contribution in [1.29, 1.82) is 0 Å². The Morgan fingerprint density at radius 3 is 2.57 bits per heavy atom. The van der Waals surface area contributed by atoms with E-state index in [1.807, 2.05) is 32.0 Å². The number of hydrogen-bond acceptors (Lipinski definition) is 2. The summed E-state index contributed by atoms with van der Waals surface area (Å²) in [7, 11) is 0. The molecule has 1 aliphatic heterocycles. The van der Waals surface area contributed by atoms with Gasteiger partial charge in [0.25, 0.3) is 0 Å². The number of amides is 2. The van der Waals surface area contributed by atoms with Crippen molar-refractivity contribution in [3.05, 3.63) is 28.7 Å². The molecule has 1 atom stereocenters. The monoisotopic (exact) mass is 354 g/mol. The number of benzene rings is 1. The van der Waals surface area contributed by atoms with Gasteiger partial charge < -0.3 is 15.3 Å². The van der Waals surface area contributed by atoms with Crippen LogP contribution < -0.4 is 5.32 Å². The van der Waals surface area contributed by atoms with Crippen LogP contribution in [-0.2, 0) is 4.79 Å². The molecule has 0 spiro atoms. The molecule has 0 bridgehead atoms. The molecule has 1 aromatic rings. The first kappa shape index (κ1) is 15.8. The Bertz CT molecular complexity index is 562. The van der Waals surface area contributed by atoms with Crippen LogP contribution in [0.4, 0.5) is 10.5 Å². The van der Waals surface area contributed by atoms with Crippen LogP contribution >= 0.6 is 15.9 Å². The van der Waals surface area contributed by atoms with E-state index in [1.165, 1.54) is 0 Å². The van der Waals surface area contributed by atoms with Gasteiger partial charge in [0, 0.05) is 17.6 Å². The predicted molar refractivity (Wildman–Crippen MR) is 84.3 cm³/mol. The number of carbonyl (C=O) groups is 2. The third-order valence-electron chi connectivity index (χ3n) is 4.23. The molecular weight excluding hydrogens is 336 g/mol. The number of anilines is 1. The second kappa shape index (κ2) is 6.05. The van der Waals surface area contributed by atoms with E-state index in [0.29, 0.717) is 18.7 Å². The largest absolute Gasteiger partial charge is 0.481 e. The molecular formula is C15H19BrN2O3. The molecule has 1 aliphatic rings. The predicted octanol–water partition coefficient (Wildman–Crippen LogP) is 3.41. The Labute approximate surface area is 132 Å². The van der Waals surface area contributed by atoms with Crippen molar-refractivity contribution >= 4 is 33.6 Å². The number of nitrogens with zero attached hydrogens (tertiary/aromatic N) is 1. The van der Waals surface area contributed by atoms with Gasteiger partial charge in [0.1, 0.15) is 0 Å². The second-order valence-electron chi connectivity index (χ2n) is 5.70. The lowest BCUT2D eigenvalue weighted by atomic mass is 9.76. The second-order valence-corrected chi connectivity index (χ2v) is 6.55. The molecule has 2 N–H and O–H groups in total. The van der Waals surface area contributed by atoms with Gasteiger partial charge in [-0.05, 0) is 40.4 Å². The van der Waals surface area contributed by atoms with Crippen LogP contribution in [0, 0.1) is 11.3 Å². The van der Waals surface area contributed by atoms with E-state index in [0.717, 1.165) is 4.47 Å². The zero-order valence-corrected chi connectivity index (χ0v) is 13.7. The molecule has 0 aliphatic carbocycles. The summed E-state index contributed by atoms with van der Waals surface area (Å²) in [6, 6.07) is 7.08. The van der Waals surface area contributed by atoms with Crippen molar-refractivity contribution in [2.24, 2.45) is 11.3 Å². The Balaban J connectivity index is 2.09. The molecule has 5 nitrogen and oxygen atoms in total. The number of hydrogen-bond donors (Lipinski definition) is 2. The Kier molecular flexibility index (Phi) is 4.56. The summed E-state index contributed by atoms with van der Waals surface area (Å²) in [6.45, 7) is 4.49. The standard InChI is InChI=1S/C15H19BrN2O3/c1-10(2)15(13(19)20)7-8-18(9-15)14(21)17-12-6-4-3-5-11(12)16/h3-6,10H,7-9H2,1-2H3,(H,17,21)(H,19,20). The van der Waals surface area contributed by atoms with Crippen molar-refractivity contribution in [2.45, 2.75) is 20.3 Å². The van der Waals surface area contributed by atoms with E-state index in [2.05, 4.69) is 21.2 Å². The summed E-state index contributed by atoms with van der Waals surface area (Å²) in [6.07, 6.45) is 0.489. The minimum absolute atomic E-state index is 0.0174. The van der Waals surface area contributed by atoms with Gasteiger partial charge in [-0.3, -0.25) is 4.79 Å². The number of halogens is 1. The fraction of sp³-hybridized carbons (Fsp3) is 0.467. The Morgan fingerprint density at radius 2 is 2.05 bits per heavy atom. The van der Waals surface area contributed by atoms with Crippen LogP contribution in [-0.4, -0.2) is 35.1 Å². The van der Waals surface area contributed by atoms with Gasteiger partial charge in [0.05, 0.1) is 11.1 Å². The molecule has 114 valence electrons. The van der Waals surface area contributed by atoms with E-state index in [9.17, 15) is 14.7 Å². The topological polar surface area (TPSA) is 69.6 Å². The summed E-state index contributed by atoms with van der Waals surface area (Å²) in [5, 5.41) is 12.3. The maximum Gasteiger partial charge on any atom is 0.321 e. The van der Waals surface area contributed by atoms with Crippen molar-refractivity contribution < 1.29 is 14.7 Å². The number of carboxylic acid groups (broad SMARTS) is 1. The lowest BCUT2D eigenvalue weighted by Crippen LogP contribution is -2.41. The first-order valence-electron chi connectivity index (χ1n) is 6.90. The smallest absolute Gasteiger partial charge is 0.321 e. The number of rotatable bonds is 3. The van der Waals surface area contributed by atoms with E-state index in [4.69, 9.17) is 0 Å². The Hall–Kier alpha value is -1.56. The molecule has 2 rings (SSSR count). The normalized spacial score (nSPS) is 21.6. The third-order valence-corrected chi connectivity index (χ3v) is 4.93. The summed E-state index contributed by atoms with van der Waals surface area (Å²) < 4.78 is 0.797. The molecule has 1 saturated heterocycles. The van der Waals surface area contributed by atoms with Gasteiger partial charge in [-0.1, -0.05) is 26.0 Å². The molecule has 1 aromatic carbocycles. The maximum absolute atomic E-state index is 12.3. The van der Waals surface area contributed by atoms with E-state index in [1.54, 1.807) is 11.0 Å². The zero-order valence-electron chi connectivity index (χ0n) is 12.1. The number of nitrogens with one attached hydrogen (secondary N) is 1. The molecule has 6 heteroatoms. The van der Waals surface area contributed by atoms with Crippen molar-refractivity contribution in [3.8, 4) is 0 Å². The number of aliphatic carboxylic acids is 1. The number of urea groups is 1. The van der Waals surface area contributed by atoms with Gasteiger partial charge >= 0.3 is 12.0 Å². The van der Waals surface area contributed by atoms with E-state index >= 15 is 0 Å². The highest BCUT2D eigenvalue weighted by Crippen LogP contribution is 2.38. The van der Waals surface area contributed by atoms with Gasteiger partial charge in [-0.2, -0.15) is 0 Å². The van der Waals surface area contributed by atoms with Crippen LogP contribution in [0.2, 0.25) is 0 Å². The summed E-state index contributed by atoms with van der Waals surface area (Å²) in [4.78, 5) is 25.5. The van der Waals surface area contributed by atoms with E-state index < -0.39 is 11.4 Å². The average Bonchev–Trinajstić information content (AvgIpc) is 2.88. The van der Waals surface area contributed by atoms with Crippen LogP contribution in [0.15, 0.2) is 28.7 Å². The minimum atomic E-state index is -0.842. The van der Waals surface area contributed by atoms with Gasteiger partial charge in [-0.25, -0.2) is 4.79 Å². The fourth-order valence-electron chi connectivity index (χ4n) is 2.66. The molecule has 1 unspecified atom stereocenters. The molecule has 2 amide bonds. The quantitative estimate of drug-likeness (QED) is 0.873. The SMILES string of the molecule is CC(C)C1(C(=O)O)CCN(C(=O)Nc2ccccc2Br)C1. The summed E-state index contributed by atoms with van der Waals surface area (Å²) in [5.41, 5.74) is -0.162. The van der Waals surface area contributed by atoms with Crippen molar-refractivity contribution in [2.75, 3.05) is 18.4 Å². The minimum Gasteiger partial charge on any atom is -0.481 e. The molecule has 0 saturated carbocycles. The first-order valence-corrected chi connectivity index (χ1v) is 7.70. The third kappa shape index (κ3) is 3.05. The first-order chi connectivity index (χ1) is 9.86. The van der Waals surface area contributed by atoms with Gasteiger partial charge in [0.2, 0.25) is 0 Å². The average molecular weight is 355 g/mol. The molecule has 0 radical (unpaired) electrons. The zero-order chi connectivity index (χ0) is 15.6. The van der Waals surface area contributed by atoms with E-state index in [-0.39, 0.29) is 18.5 Å². The number of carbonyl (C=O) groups excluding carboxylic acids is 1. The van der Waals surface area contributed by atoms with Crippen molar-refractivity contribution in [1.82, 2.24) is 4.90 Å². The van der Waals surface area contributed by atoms with Crippen LogP contribution in [0.1, 0.15) is 20.3 Å². The highest BCUT2D eigenvalue weighted by Gasteiger charge is 2.48. The molecule has 0 aromatic heterocycles. The highest BCUT2D eigenvalue weighted by atomic mass is 79.9. The number of carboxylic acids is 1. The Morgan fingerprint density at radius 1 is 1.38 bits per heavy atom. The summed E-state index contributed by atoms with van der Waals surface area (Å²) >= 11 is 3.37. The molecule has 1 fully saturated rings. The van der Waals surface area contributed by atoms with Gasteiger partial charge in [0.15, 0.2) is 0 Å². The van der Waals surface area contributed by atoms with Crippen molar-refractivity contribution in [3.63, 3.8) is 0 Å².